The van der Waals surface area contributed by atoms with Gasteiger partial charge in [-0.3, -0.25) is 0 Å². The minimum Gasteiger partial charge on any atom is -0.229 e. The van der Waals surface area contributed by atoms with Crippen LogP contribution in [0.3, 0.4) is 0 Å². The van der Waals surface area contributed by atoms with Gasteiger partial charge in [0.25, 0.3) is 0 Å². The van der Waals surface area contributed by atoms with Gasteiger partial charge in [-0.05, 0) is 25.8 Å². The van der Waals surface area contributed by atoms with Gasteiger partial charge in [-0.2, -0.15) is 5.10 Å². The highest BCUT2D eigenvalue weighted by Crippen LogP contribution is 2.34. The summed E-state index contributed by atoms with van der Waals surface area (Å²) in [5.41, 5.74) is 5.58. The smallest absolute Gasteiger partial charge is 0.156 e. The number of benzene rings is 1. The summed E-state index contributed by atoms with van der Waals surface area (Å²) in [7, 11) is 0. The molecule has 2 aromatic heterocycles. The Morgan fingerprint density at radius 1 is 1.00 bits per heavy atom. The van der Waals surface area contributed by atoms with Crippen LogP contribution in [0.2, 0.25) is 0 Å². The molecule has 0 N–H and O–H groups in total. The van der Waals surface area contributed by atoms with Crippen molar-refractivity contribution in [1.82, 2.24) is 14.6 Å². The first kappa shape index (κ1) is 13.5. The summed E-state index contributed by atoms with van der Waals surface area (Å²) in [5.74, 6) is 0.612. The van der Waals surface area contributed by atoms with Crippen molar-refractivity contribution in [3.05, 3.63) is 53.9 Å². The lowest BCUT2D eigenvalue weighted by Crippen LogP contribution is -2.11. The van der Waals surface area contributed by atoms with Crippen LogP contribution in [0.4, 0.5) is 0 Å². The quantitative estimate of drug-likeness (QED) is 0.682. The van der Waals surface area contributed by atoms with E-state index in [-0.39, 0.29) is 0 Å². The standard InChI is InChI=1S/C19H21N3/c1-14-12-19-20-17(15-8-4-2-5-9-15)13-18(22(19)21-14)16-10-6-3-7-11-16/h2,4-5,8-9,12-13,16H,3,6-7,10-11H2,1H3. The number of nitrogens with zero attached hydrogens (tertiary/aromatic N) is 3. The van der Waals surface area contributed by atoms with Crippen molar-refractivity contribution in [3.63, 3.8) is 0 Å². The van der Waals surface area contributed by atoms with Crippen LogP contribution in [-0.4, -0.2) is 14.6 Å². The normalized spacial score (nSPS) is 16.2. The molecule has 0 amide bonds. The molecule has 1 saturated carbocycles. The van der Waals surface area contributed by atoms with Crippen LogP contribution in [0.25, 0.3) is 16.9 Å². The second kappa shape index (κ2) is 5.56. The number of fused-ring (bicyclic) bond motifs is 1. The van der Waals surface area contributed by atoms with E-state index in [2.05, 4.69) is 46.0 Å². The van der Waals surface area contributed by atoms with Crippen LogP contribution in [0, 0.1) is 6.92 Å². The Balaban J connectivity index is 1.89. The summed E-state index contributed by atoms with van der Waals surface area (Å²) in [5, 5.41) is 4.68. The van der Waals surface area contributed by atoms with E-state index in [0.29, 0.717) is 5.92 Å². The molecule has 1 aliphatic rings. The van der Waals surface area contributed by atoms with E-state index in [1.165, 1.54) is 43.4 Å². The second-order valence-corrected chi connectivity index (χ2v) is 6.32. The Hall–Kier alpha value is -2.16. The fourth-order valence-corrected chi connectivity index (χ4v) is 3.56. The number of aromatic nitrogens is 3. The maximum absolute atomic E-state index is 4.82. The molecule has 4 rings (SSSR count). The van der Waals surface area contributed by atoms with Crippen LogP contribution in [0.5, 0.6) is 0 Å². The number of hydrogen-bond acceptors (Lipinski definition) is 2. The third-order valence-corrected chi connectivity index (χ3v) is 4.67. The molecule has 3 heteroatoms. The molecule has 0 aliphatic heterocycles. The van der Waals surface area contributed by atoms with E-state index in [9.17, 15) is 0 Å². The first-order valence-corrected chi connectivity index (χ1v) is 8.24. The van der Waals surface area contributed by atoms with Gasteiger partial charge >= 0.3 is 0 Å². The van der Waals surface area contributed by atoms with E-state index >= 15 is 0 Å². The minimum absolute atomic E-state index is 0.612. The van der Waals surface area contributed by atoms with Crippen molar-refractivity contribution in [2.75, 3.05) is 0 Å². The first-order valence-electron chi connectivity index (χ1n) is 8.24. The third-order valence-electron chi connectivity index (χ3n) is 4.67. The molecule has 112 valence electrons. The topological polar surface area (TPSA) is 30.2 Å². The first-order chi connectivity index (χ1) is 10.8. The van der Waals surface area contributed by atoms with E-state index < -0.39 is 0 Å². The zero-order valence-corrected chi connectivity index (χ0v) is 13.0. The summed E-state index contributed by atoms with van der Waals surface area (Å²) >= 11 is 0. The lowest BCUT2D eigenvalue weighted by Gasteiger charge is -2.23. The molecular formula is C19H21N3. The summed E-state index contributed by atoms with van der Waals surface area (Å²) in [6.07, 6.45) is 6.57. The zero-order valence-electron chi connectivity index (χ0n) is 13.0. The van der Waals surface area contributed by atoms with Gasteiger partial charge in [0, 0.05) is 23.2 Å². The van der Waals surface area contributed by atoms with Crippen LogP contribution >= 0.6 is 0 Å². The lowest BCUT2D eigenvalue weighted by molar-refractivity contribution is 0.430. The summed E-state index contributed by atoms with van der Waals surface area (Å²) < 4.78 is 2.07. The Morgan fingerprint density at radius 2 is 1.77 bits per heavy atom. The minimum atomic E-state index is 0.612. The Bertz CT molecular complexity index is 783. The number of aryl methyl sites for hydroxylation is 1. The summed E-state index contributed by atoms with van der Waals surface area (Å²) in [6, 6.07) is 14.8. The van der Waals surface area contributed by atoms with Crippen molar-refractivity contribution in [2.45, 2.75) is 44.9 Å². The molecular weight excluding hydrogens is 270 g/mol. The van der Waals surface area contributed by atoms with Crippen molar-refractivity contribution >= 4 is 5.65 Å². The van der Waals surface area contributed by atoms with Gasteiger partial charge in [0.2, 0.25) is 0 Å². The highest BCUT2D eigenvalue weighted by atomic mass is 15.3. The molecule has 22 heavy (non-hydrogen) atoms. The molecule has 3 nitrogen and oxygen atoms in total. The predicted molar refractivity (Wildman–Crippen MR) is 89.0 cm³/mol. The summed E-state index contributed by atoms with van der Waals surface area (Å²) in [6.45, 7) is 2.04. The lowest BCUT2D eigenvalue weighted by atomic mass is 9.86. The van der Waals surface area contributed by atoms with Crippen molar-refractivity contribution in [2.24, 2.45) is 0 Å². The van der Waals surface area contributed by atoms with Gasteiger partial charge in [0.1, 0.15) is 0 Å². The third kappa shape index (κ3) is 2.41. The van der Waals surface area contributed by atoms with Gasteiger partial charge in [0.15, 0.2) is 5.65 Å². The van der Waals surface area contributed by atoms with Crippen molar-refractivity contribution < 1.29 is 0 Å². The van der Waals surface area contributed by atoms with Crippen LogP contribution < -0.4 is 0 Å². The van der Waals surface area contributed by atoms with E-state index in [0.717, 1.165) is 17.0 Å². The fourth-order valence-electron chi connectivity index (χ4n) is 3.56. The monoisotopic (exact) mass is 291 g/mol. The van der Waals surface area contributed by atoms with E-state index in [4.69, 9.17) is 4.98 Å². The Labute approximate surface area is 131 Å². The molecule has 2 heterocycles. The molecule has 1 aromatic carbocycles. The van der Waals surface area contributed by atoms with Crippen molar-refractivity contribution in [1.29, 1.82) is 0 Å². The van der Waals surface area contributed by atoms with Gasteiger partial charge in [-0.1, -0.05) is 49.6 Å². The van der Waals surface area contributed by atoms with E-state index in [1.807, 2.05) is 13.0 Å². The molecule has 0 radical (unpaired) electrons. The van der Waals surface area contributed by atoms with Gasteiger partial charge in [-0.15, -0.1) is 0 Å². The fraction of sp³-hybridized carbons (Fsp3) is 0.368. The number of hydrogen-bond donors (Lipinski definition) is 0. The highest BCUT2D eigenvalue weighted by molar-refractivity contribution is 5.62. The SMILES string of the molecule is Cc1cc2nc(-c3ccccc3)cc(C3CCCCC3)n2n1. The van der Waals surface area contributed by atoms with Crippen molar-refractivity contribution in [3.8, 4) is 11.3 Å². The number of rotatable bonds is 2. The molecule has 0 spiro atoms. The zero-order chi connectivity index (χ0) is 14.9. The average molecular weight is 291 g/mol. The van der Waals surface area contributed by atoms with Crippen LogP contribution in [0.1, 0.15) is 49.4 Å². The second-order valence-electron chi connectivity index (χ2n) is 6.32. The maximum atomic E-state index is 4.82. The summed E-state index contributed by atoms with van der Waals surface area (Å²) in [4.78, 5) is 4.82. The Morgan fingerprint density at radius 3 is 2.55 bits per heavy atom. The molecule has 1 aliphatic carbocycles. The van der Waals surface area contributed by atoms with Gasteiger partial charge in [0.05, 0.1) is 11.4 Å². The van der Waals surface area contributed by atoms with Crippen LogP contribution in [0.15, 0.2) is 42.5 Å². The molecule has 1 fully saturated rings. The highest BCUT2D eigenvalue weighted by Gasteiger charge is 2.20. The average Bonchev–Trinajstić information content (AvgIpc) is 2.95. The van der Waals surface area contributed by atoms with Crippen LogP contribution in [-0.2, 0) is 0 Å². The molecule has 0 atom stereocenters. The molecule has 0 unspecified atom stereocenters. The van der Waals surface area contributed by atoms with E-state index in [1.54, 1.807) is 0 Å². The molecule has 0 saturated heterocycles. The van der Waals surface area contributed by atoms with Gasteiger partial charge in [-0.25, -0.2) is 9.50 Å². The molecule has 3 aromatic rings. The predicted octanol–water partition coefficient (Wildman–Crippen LogP) is 4.75. The Kier molecular flexibility index (Phi) is 3.41. The molecule has 0 bridgehead atoms. The van der Waals surface area contributed by atoms with Gasteiger partial charge < -0.3 is 0 Å². The largest absolute Gasteiger partial charge is 0.229 e. The maximum Gasteiger partial charge on any atom is 0.156 e.